The Morgan fingerprint density at radius 3 is 3.12 bits per heavy atom. The molecule has 0 saturated heterocycles. The average Bonchev–Trinajstić information content (AvgIpc) is 2.66. The highest BCUT2D eigenvalue weighted by Gasteiger charge is 2.07. The molecule has 0 amide bonds. The van der Waals surface area contributed by atoms with Crippen LogP contribution < -0.4 is 0 Å². The van der Waals surface area contributed by atoms with Crippen molar-refractivity contribution in [2.75, 3.05) is 19.0 Å². The summed E-state index contributed by atoms with van der Waals surface area (Å²) in [5.41, 5.74) is 0. The molecule has 0 bridgehead atoms. The average molecular weight is 246 g/mol. The number of nitrogens with zero attached hydrogens (tertiary/aromatic N) is 2. The molecule has 7 heteroatoms. The Morgan fingerprint density at radius 1 is 1.62 bits per heavy atom. The van der Waals surface area contributed by atoms with Crippen LogP contribution in [0.15, 0.2) is 4.52 Å². The van der Waals surface area contributed by atoms with E-state index in [1.807, 2.05) is 6.92 Å². The van der Waals surface area contributed by atoms with E-state index in [-0.39, 0.29) is 5.75 Å². The Balaban J connectivity index is 2.25. The first-order chi connectivity index (χ1) is 7.72. The van der Waals surface area contributed by atoms with Crippen molar-refractivity contribution in [2.24, 2.45) is 0 Å². The number of aliphatic carboxylic acids is 1. The van der Waals surface area contributed by atoms with Gasteiger partial charge in [0.1, 0.15) is 0 Å². The predicted octanol–water partition coefficient (Wildman–Crippen LogP) is 0.966. The van der Waals surface area contributed by atoms with Crippen molar-refractivity contribution in [1.82, 2.24) is 10.1 Å². The van der Waals surface area contributed by atoms with Gasteiger partial charge in [0.15, 0.2) is 5.82 Å². The van der Waals surface area contributed by atoms with Gasteiger partial charge in [-0.25, -0.2) is 0 Å². The lowest BCUT2D eigenvalue weighted by Crippen LogP contribution is -2.00. The molecule has 1 rings (SSSR count). The number of carboxylic acid groups (broad SMARTS) is 1. The van der Waals surface area contributed by atoms with Crippen LogP contribution >= 0.6 is 11.8 Å². The molecule has 0 aliphatic rings. The second-order valence-electron chi connectivity index (χ2n) is 2.94. The monoisotopic (exact) mass is 246 g/mol. The highest BCUT2D eigenvalue weighted by molar-refractivity contribution is 7.99. The molecule has 0 saturated carbocycles. The van der Waals surface area contributed by atoms with Gasteiger partial charge in [0.25, 0.3) is 0 Å². The van der Waals surface area contributed by atoms with Gasteiger partial charge in [-0.1, -0.05) is 5.16 Å². The molecular formula is C9H14N2O4S. The van der Waals surface area contributed by atoms with Crippen LogP contribution in [0.1, 0.15) is 18.6 Å². The summed E-state index contributed by atoms with van der Waals surface area (Å²) in [5, 5.41) is 12.2. The molecular weight excluding hydrogens is 232 g/mol. The maximum Gasteiger partial charge on any atom is 0.313 e. The molecule has 6 nitrogen and oxygen atoms in total. The van der Waals surface area contributed by atoms with Gasteiger partial charge in [-0.05, 0) is 6.92 Å². The van der Waals surface area contributed by atoms with E-state index in [2.05, 4.69) is 10.1 Å². The molecule has 16 heavy (non-hydrogen) atoms. The van der Waals surface area contributed by atoms with Crippen molar-refractivity contribution >= 4 is 17.7 Å². The van der Waals surface area contributed by atoms with Crippen molar-refractivity contribution in [2.45, 2.75) is 19.1 Å². The third kappa shape index (κ3) is 5.13. The van der Waals surface area contributed by atoms with Crippen LogP contribution in [0.2, 0.25) is 0 Å². The molecule has 1 N–H and O–H groups in total. The van der Waals surface area contributed by atoms with Gasteiger partial charge in [-0.3, -0.25) is 4.79 Å². The van der Waals surface area contributed by atoms with Gasteiger partial charge in [-0.15, -0.1) is 11.8 Å². The summed E-state index contributed by atoms with van der Waals surface area (Å²) in [6.45, 7) is 3.15. The van der Waals surface area contributed by atoms with Crippen LogP contribution in [0, 0.1) is 0 Å². The minimum absolute atomic E-state index is 0.0384. The molecule has 1 heterocycles. The molecule has 0 fully saturated rings. The lowest BCUT2D eigenvalue weighted by Gasteiger charge is -1.95. The fourth-order valence-electron chi connectivity index (χ4n) is 0.984. The molecule has 0 unspecified atom stereocenters. The second-order valence-corrected chi connectivity index (χ2v) is 3.92. The van der Waals surface area contributed by atoms with Crippen LogP contribution in [-0.2, 0) is 21.7 Å². The van der Waals surface area contributed by atoms with Crippen molar-refractivity contribution in [3.05, 3.63) is 11.7 Å². The van der Waals surface area contributed by atoms with E-state index in [0.29, 0.717) is 37.1 Å². The van der Waals surface area contributed by atoms with Gasteiger partial charge in [0.05, 0.1) is 18.1 Å². The van der Waals surface area contributed by atoms with Crippen LogP contribution in [0.25, 0.3) is 0 Å². The molecule has 0 aliphatic heterocycles. The van der Waals surface area contributed by atoms with E-state index >= 15 is 0 Å². The van der Waals surface area contributed by atoms with E-state index < -0.39 is 5.97 Å². The fourth-order valence-corrected chi connectivity index (χ4v) is 1.55. The molecule has 0 aromatic carbocycles. The Kier molecular flexibility index (Phi) is 5.87. The third-order valence-electron chi connectivity index (χ3n) is 1.64. The number of hydrogen-bond donors (Lipinski definition) is 1. The van der Waals surface area contributed by atoms with Gasteiger partial charge in [0, 0.05) is 13.0 Å². The summed E-state index contributed by atoms with van der Waals surface area (Å²) in [4.78, 5) is 14.4. The van der Waals surface area contributed by atoms with Crippen molar-refractivity contribution < 1.29 is 19.2 Å². The van der Waals surface area contributed by atoms with Gasteiger partial charge in [-0.2, -0.15) is 4.98 Å². The zero-order valence-corrected chi connectivity index (χ0v) is 9.83. The number of rotatable bonds is 8. The number of ether oxygens (including phenoxy) is 1. The molecule has 0 radical (unpaired) electrons. The maximum absolute atomic E-state index is 10.3. The minimum Gasteiger partial charge on any atom is -0.481 e. The van der Waals surface area contributed by atoms with Gasteiger partial charge < -0.3 is 14.4 Å². The summed E-state index contributed by atoms with van der Waals surface area (Å²) in [6, 6.07) is 0. The normalized spacial score (nSPS) is 10.6. The Bertz CT molecular complexity index is 329. The Hall–Kier alpha value is -1.08. The Morgan fingerprint density at radius 2 is 2.44 bits per heavy atom. The first kappa shape index (κ1) is 13.0. The maximum atomic E-state index is 10.3. The lowest BCUT2D eigenvalue weighted by molar-refractivity contribution is -0.133. The molecule has 1 aromatic rings. The standard InChI is InChI=1S/C9H14N2O4S/c1-2-14-4-3-7-10-8(15-11-7)5-16-6-9(12)13/h2-6H2,1H3,(H,12,13). The number of carboxylic acids is 1. The van der Waals surface area contributed by atoms with E-state index in [4.69, 9.17) is 14.4 Å². The third-order valence-corrected chi connectivity index (χ3v) is 2.54. The minimum atomic E-state index is -0.846. The molecule has 0 aliphatic carbocycles. The lowest BCUT2D eigenvalue weighted by atomic mass is 10.4. The van der Waals surface area contributed by atoms with Crippen molar-refractivity contribution in [1.29, 1.82) is 0 Å². The zero-order chi connectivity index (χ0) is 11.8. The zero-order valence-electron chi connectivity index (χ0n) is 9.01. The van der Waals surface area contributed by atoms with E-state index in [0.717, 1.165) is 0 Å². The number of aromatic nitrogens is 2. The number of hydrogen-bond acceptors (Lipinski definition) is 6. The van der Waals surface area contributed by atoms with E-state index in [1.54, 1.807) is 0 Å². The van der Waals surface area contributed by atoms with E-state index in [9.17, 15) is 4.79 Å². The topological polar surface area (TPSA) is 85.5 Å². The Labute approximate surface area is 97.4 Å². The first-order valence-corrected chi connectivity index (χ1v) is 6.06. The molecule has 0 spiro atoms. The summed E-state index contributed by atoms with van der Waals surface area (Å²) in [5.74, 6) is 0.670. The smallest absolute Gasteiger partial charge is 0.313 e. The van der Waals surface area contributed by atoms with Crippen molar-refractivity contribution in [3.8, 4) is 0 Å². The van der Waals surface area contributed by atoms with Gasteiger partial charge in [0.2, 0.25) is 5.89 Å². The second kappa shape index (κ2) is 7.24. The largest absolute Gasteiger partial charge is 0.481 e. The SMILES string of the molecule is CCOCCc1noc(CSCC(=O)O)n1. The van der Waals surface area contributed by atoms with Gasteiger partial charge >= 0.3 is 5.97 Å². The molecule has 1 aromatic heterocycles. The molecule has 90 valence electrons. The van der Waals surface area contributed by atoms with Crippen LogP contribution in [0.3, 0.4) is 0 Å². The summed E-state index contributed by atoms with van der Waals surface area (Å²) >= 11 is 1.23. The highest BCUT2D eigenvalue weighted by atomic mass is 32.2. The quantitative estimate of drug-likeness (QED) is 0.684. The molecule has 0 atom stereocenters. The van der Waals surface area contributed by atoms with Crippen molar-refractivity contribution in [3.63, 3.8) is 0 Å². The van der Waals surface area contributed by atoms with E-state index in [1.165, 1.54) is 11.8 Å². The van der Waals surface area contributed by atoms with Crippen LogP contribution in [0.5, 0.6) is 0 Å². The van der Waals surface area contributed by atoms with Crippen LogP contribution in [-0.4, -0.2) is 40.2 Å². The highest BCUT2D eigenvalue weighted by Crippen LogP contribution is 2.10. The summed E-state index contributed by atoms with van der Waals surface area (Å²) in [7, 11) is 0. The number of carbonyl (C=O) groups is 1. The van der Waals surface area contributed by atoms with Crippen LogP contribution in [0.4, 0.5) is 0 Å². The fraction of sp³-hybridized carbons (Fsp3) is 0.667. The number of thioether (sulfide) groups is 1. The predicted molar refractivity (Wildman–Crippen MR) is 58.3 cm³/mol. The summed E-state index contributed by atoms with van der Waals surface area (Å²) in [6.07, 6.45) is 0.612. The first-order valence-electron chi connectivity index (χ1n) is 4.91. The summed E-state index contributed by atoms with van der Waals surface area (Å²) < 4.78 is 10.1.